The largest absolute Gasteiger partial charge is 0.480 e. The number of carboxylic acids is 1. The highest BCUT2D eigenvalue weighted by Gasteiger charge is 2.37. The fourth-order valence-electron chi connectivity index (χ4n) is 2.15. The number of carbonyl (C=O) groups excluding carboxylic acids is 1. The van der Waals surface area contributed by atoms with E-state index in [-0.39, 0.29) is 5.92 Å². The molecular formula is C13H23NO5. The lowest BCUT2D eigenvalue weighted by atomic mass is 9.93. The van der Waals surface area contributed by atoms with Crippen LogP contribution in [0.25, 0.3) is 0 Å². The number of ether oxygens (including phenoxy) is 2. The predicted molar refractivity (Wildman–Crippen MR) is 69.0 cm³/mol. The SMILES string of the molecule is CN(C(=O)OC(C)(C)C)C(C(=O)O)C1CCCOC1. The van der Waals surface area contributed by atoms with Gasteiger partial charge in [0.25, 0.3) is 0 Å². The van der Waals surface area contributed by atoms with E-state index in [9.17, 15) is 14.7 Å². The molecule has 0 spiro atoms. The Bertz CT molecular complexity index is 330. The Morgan fingerprint density at radius 1 is 1.42 bits per heavy atom. The van der Waals surface area contributed by atoms with Crippen molar-refractivity contribution in [1.82, 2.24) is 4.90 Å². The third-order valence-corrected chi connectivity index (χ3v) is 2.99. The summed E-state index contributed by atoms with van der Waals surface area (Å²) in [6.07, 6.45) is 0.936. The highest BCUT2D eigenvalue weighted by molar-refractivity contribution is 5.80. The number of likely N-dealkylation sites (N-methyl/N-ethyl adjacent to an activating group) is 1. The molecule has 0 bridgehead atoms. The molecule has 1 N–H and O–H groups in total. The molecule has 0 aromatic rings. The zero-order valence-corrected chi connectivity index (χ0v) is 12.0. The van der Waals surface area contributed by atoms with Gasteiger partial charge in [-0.1, -0.05) is 0 Å². The van der Waals surface area contributed by atoms with Crippen LogP contribution in [0.4, 0.5) is 4.79 Å². The Kier molecular flexibility index (Phi) is 5.17. The molecular weight excluding hydrogens is 250 g/mol. The molecule has 1 aliphatic rings. The second-order valence-corrected chi connectivity index (χ2v) is 5.85. The maximum atomic E-state index is 11.9. The van der Waals surface area contributed by atoms with Gasteiger partial charge in [-0.2, -0.15) is 0 Å². The summed E-state index contributed by atoms with van der Waals surface area (Å²) in [4.78, 5) is 24.5. The van der Waals surface area contributed by atoms with E-state index in [1.165, 1.54) is 7.05 Å². The van der Waals surface area contributed by atoms with Gasteiger partial charge in [-0.15, -0.1) is 0 Å². The van der Waals surface area contributed by atoms with Gasteiger partial charge >= 0.3 is 12.1 Å². The number of carboxylic acid groups (broad SMARTS) is 1. The van der Waals surface area contributed by atoms with Gasteiger partial charge in [0, 0.05) is 19.6 Å². The first kappa shape index (κ1) is 15.8. The lowest BCUT2D eigenvalue weighted by Crippen LogP contribution is -2.50. The van der Waals surface area contributed by atoms with Gasteiger partial charge in [0.1, 0.15) is 11.6 Å². The Balaban J connectivity index is 2.74. The number of hydrogen-bond donors (Lipinski definition) is 1. The summed E-state index contributed by atoms with van der Waals surface area (Å²) >= 11 is 0. The van der Waals surface area contributed by atoms with E-state index in [2.05, 4.69) is 0 Å². The van der Waals surface area contributed by atoms with Crippen LogP contribution in [0, 0.1) is 5.92 Å². The summed E-state index contributed by atoms with van der Waals surface area (Å²) in [5.41, 5.74) is -0.641. The van der Waals surface area contributed by atoms with Crippen molar-refractivity contribution < 1.29 is 24.2 Å². The van der Waals surface area contributed by atoms with Gasteiger partial charge in [-0.05, 0) is 33.6 Å². The molecule has 1 heterocycles. The Labute approximate surface area is 113 Å². The molecule has 6 nitrogen and oxygen atoms in total. The van der Waals surface area contributed by atoms with Crippen LogP contribution in [-0.2, 0) is 14.3 Å². The van der Waals surface area contributed by atoms with E-state index >= 15 is 0 Å². The molecule has 1 rings (SSSR count). The molecule has 2 unspecified atom stereocenters. The minimum absolute atomic E-state index is 0.191. The number of nitrogens with zero attached hydrogens (tertiary/aromatic N) is 1. The first-order valence-corrected chi connectivity index (χ1v) is 6.48. The molecule has 1 aliphatic heterocycles. The smallest absolute Gasteiger partial charge is 0.410 e. The number of hydrogen-bond acceptors (Lipinski definition) is 4. The van der Waals surface area contributed by atoms with E-state index in [0.29, 0.717) is 13.2 Å². The Hall–Kier alpha value is -1.30. The number of amides is 1. The molecule has 1 fully saturated rings. The van der Waals surface area contributed by atoms with Crippen LogP contribution >= 0.6 is 0 Å². The predicted octanol–water partition coefficient (Wildman–Crippen LogP) is 1.73. The molecule has 1 amide bonds. The van der Waals surface area contributed by atoms with Crippen molar-refractivity contribution in [3.63, 3.8) is 0 Å². The maximum Gasteiger partial charge on any atom is 0.410 e. The second-order valence-electron chi connectivity index (χ2n) is 5.85. The first-order chi connectivity index (χ1) is 8.72. The highest BCUT2D eigenvalue weighted by atomic mass is 16.6. The molecule has 1 saturated heterocycles. The summed E-state index contributed by atoms with van der Waals surface area (Å²) in [6, 6.07) is -0.907. The van der Waals surface area contributed by atoms with Gasteiger partial charge < -0.3 is 14.6 Å². The van der Waals surface area contributed by atoms with Crippen molar-refractivity contribution in [1.29, 1.82) is 0 Å². The highest BCUT2D eigenvalue weighted by Crippen LogP contribution is 2.22. The molecule has 0 saturated carbocycles. The van der Waals surface area contributed by atoms with Crippen molar-refractivity contribution in [2.45, 2.75) is 45.3 Å². The first-order valence-electron chi connectivity index (χ1n) is 6.48. The normalized spacial score (nSPS) is 21.6. The van der Waals surface area contributed by atoms with E-state index in [4.69, 9.17) is 9.47 Å². The third kappa shape index (κ3) is 4.70. The molecule has 0 aromatic carbocycles. The van der Waals surface area contributed by atoms with Crippen molar-refractivity contribution in [3.8, 4) is 0 Å². The lowest BCUT2D eigenvalue weighted by molar-refractivity contribution is -0.146. The van der Waals surface area contributed by atoms with Gasteiger partial charge in [0.2, 0.25) is 0 Å². The molecule has 110 valence electrons. The van der Waals surface area contributed by atoms with Crippen LogP contribution in [0.15, 0.2) is 0 Å². The van der Waals surface area contributed by atoms with Gasteiger partial charge in [-0.25, -0.2) is 9.59 Å². The summed E-state index contributed by atoms with van der Waals surface area (Å²) < 4.78 is 10.5. The molecule has 0 aromatic heterocycles. The summed E-state index contributed by atoms with van der Waals surface area (Å²) in [7, 11) is 1.46. The zero-order valence-electron chi connectivity index (χ0n) is 12.0. The minimum Gasteiger partial charge on any atom is -0.480 e. The summed E-state index contributed by atoms with van der Waals surface area (Å²) in [5.74, 6) is -1.22. The lowest BCUT2D eigenvalue weighted by Gasteiger charge is -2.34. The Morgan fingerprint density at radius 3 is 2.47 bits per heavy atom. The second kappa shape index (κ2) is 6.23. The fourth-order valence-corrected chi connectivity index (χ4v) is 2.15. The summed E-state index contributed by atoms with van der Waals surface area (Å²) in [6.45, 7) is 6.26. The zero-order chi connectivity index (χ0) is 14.6. The Morgan fingerprint density at radius 2 is 2.05 bits per heavy atom. The standard InChI is InChI=1S/C13H23NO5/c1-13(2,3)19-12(17)14(4)10(11(15)16)9-6-5-7-18-8-9/h9-10H,5-8H2,1-4H3,(H,15,16). The van der Waals surface area contributed by atoms with Crippen LogP contribution < -0.4 is 0 Å². The van der Waals surface area contributed by atoms with Crippen LogP contribution in [0.3, 0.4) is 0 Å². The fraction of sp³-hybridized carbons (Fsp3) is 0.846. The molecule has 6 heteroatoms. The van der Waals surface area contributed by atoms with Crippen LogP contribution in [0.1, 0.15) is 33.6 Å². The molecule has 19 heavy (non-hydrogen) atoms. The maximum absolute atomic E-state index is 11.9. The third-order valence-electron chi connectivity index (χ3n) is 2.99. The topological polar surface area (TPSA) is 76.1 Å². The quantitative estimate of drug-likeness (QED) is 0.847. The molecule has 0 aliphatic carbocycles. The van der Waals surface area contributed by atoms with Crippen molar-refractivity contribution in [2.24, 2.45) is 5.92 Å². The number of rotatable bonds is 3. The monoisotopic (exact) mass is 273 g/mol. The average Bonchev–Trinajstić information content (AvgIpc) is 2.27. The van der Waals surface area contributed by atoms with Crippen molar-refractivity contribution >= 4 is 12.1 Å². The van der Waals surface area contributed by atoms with Crippen molar-refractivity contribution in [3.05, 3.63) is 0 Å². The van der Waals surface area contributed by atoms with Crippen LogP contribution in [0.5, 0.6) is 0 Å². The number of aliphatic carboxylic acids is 1. The van der Waals surface area contributed by atoms with E-state index in [1.807, 2.05) is 0 Å². The molecule has 0 radical (unpaired) electrons. The van der Waals surface area contributed by atoms with E-state index in [1.54, 1.807) is 20.8 Å². The van der Waals surface area contributed by atoms with Crippen LogP contribution in [-0.4, -0.2) is 54.0 Å². The average molecular weight is 273 g/mol. The van der Waals surface area contributed by atoms with Gasteiger partial charge in [-0.3, -0.25) is 4.90 Å². The van der Waals surface area contributed by atoms with Gasteiger partial charge in [0.05, 0.1) is 6.61 Å². The minimum atomic E-state index is -1.02. The van der Waals surface area contributed by atoms with Gasteiger partial charge in [0.15, 0.2) is 0 Å². The number of carbonyl (C=O) groups is 2. The van der Waals surface area contributed by atoms with Crippen molar-refractivity contribution in [2.75, 3.05) is 20.3 Å². The van der Waals surface area contributed by atoms with E-state index < -0.39 is 23.7 Å². The van der Waals surface area contributed by atoms with Crippen LogP contribution in [0.2, 0.25) is 0 Å². The van der Waals surface area contributed by atoms with E-state index in [0.717, 1.165) is 17.7 Å². The summed E-state index contributed by atoms with van der Waals surface area (Å²) in [5, 5.41) is 9.34. The molecule has 2 atom stereocenters.